The summed E-state index contributed by atoms with van der Waals surface area (Å²) in [6.07, 6.45) is 2.25. The molecule has 3 nitrogen and oxygen atoms in total. The van der Waals surface area contributed by atoms with Crippen molar-refractivity contribution in [1.82, 2.24) is 4.98 Å². The van der Waals surface area contributed by atoms with Gasteiger partial charge in [-0.3, -0.25) is 9.78 Å². The Bertz CT molecular complexity index is 599. The second-order valence-corrected chi connectivity index (χ2v) is 3.57. The fraction of sp³-hybridized carbons (Fsp3) is 0.0769. The number of methoxy groups -OCH3 is 1. The minimum absolute atomic E-state index is 0.0368. The van der Waals surface area contributed by atoms with Crippen LogP contribution in [-0.2, 0) is 0 Å². The first-order chi connectivity index (χ1) is 8.61. The Morgan fingerprint density at radius 1 is 1.17 bits per heavy atom. The van der Waals surface area contributed by atoms with Crippen molar-refractivity contribution in [3.63, 3.8) is 0 Å². The number of nitrogens with zero attached hydrogens (tertiary/aromatic N) is 1. The number of benzene rings is 1. The molecule has 0 aliphatic heterocycles. The summed E-state index contributed by atoms with van der Waals surface area (Å²) in [5.41, 5.74) is 0.310. The van der Waals surface area contributed by atoms with Gasteiger partial charge in [-0.25, -0.2) is 8.78 Å². The van der Waals surface area contributed by atoms with Gasteiger partial charge in [0.1, 0.15) is 5.82 Å². The monoisotopic (exact) mass is 249 g/mol. The first-order valence-electron chi connectivity index (χ1n) is 5.10. The molecule has 0 saturated heterocycles. The van der Waals surface area contributed by atoms with Crippen LogP contribution in [0.1, 0.15) is 15.9 Å². The zero-order valence-corrected chi connectivity index (χ0v) is 9.48. The van der Waals surface area contributed by atoms with Gasteiger partial charge < -0.3 is 4.74 Å². The number of pyridine rings is 1. The highest BCUT2D eigenvalue weighted by atomic mass is 19.1. The topological polar surface area (TPSA) is 39.2 Å². The Morgan fingerprint density at radius 3 is 2.61 bits per heavy atom. The van der Waals surface area contributed by atoms with Crippen LogP contribution in [0.5, 0.6) is 5.75 Å². The van der Waals surface area contributed by atoms with E-state index in [-0.39, 0.29) is 16.9 Å². The minimum Gasteiger partial charge on any atom is -0.494 e. The van der Waals surface area contributed by atoms with Crippen LogP contribution in [-0.4, -0.2) is 17.9 Å². The molecule has 0 atom stereocenters. The smallest absolute Gasteiger partial charge is 0.194 e. The van der Waals surface area contributed by atoms with Crippen LogP contribution in [0.4, 0.5) is 8.78 Å². The van der Waals surface area contributed by atoms with E-state index in [1.54, 1.807) is 0 Å². The lowest BCUT2D eigenvalue weighted by Gasteiger charge is -2.05. The van der Waals surface area contributed by atoms with Gasteiger partial charge in [0, 0.05) is 17.3 Å². The number of rotatable bonds is 3. The third kappa shape index (κ3) is 2.34. The van der Waals surface area contributed by atoms with Crippen molar-refractivity contribution in [3.05, 3.63) is 59.4 Å². The minimum atomic E-state index is -0.602. The number of carbonyl (C=O) groups excluding carboxylic acids is 1. The summed E-state index contributed by atoms with van der Waals surface area (Å²) in [6.45, 7) is 0. The van der Waals surface area contributed by atoms with Crippen LogP contribution in [0.2, 0.25) is 0 Å². The standard InChI is InChI=1S/C13H9F2NO2/c1-18-12-5-8(2-3-11(12)15)13(17)9-4-10(14)7-16-6-9/h2-7H,1H3. The van der Waals surface area contributed by atoms with E-state index in [0.717, 1.165) is 18.3 Å². The lowest BCUT2D eigenvalue weighted by atomic mass is 10.0. The second-order valence-electron chi connectivity index (χ2n) is 3.57. The van der Waals surface area contributed by atoms with Crippen molar-refractivity contribution in [2.75, 3.05) is 7.11 Å². The van der Waals surface area contributed by atoms with Crippen LogP contribution in [0.25, 0.3) is 0 Å². The predicted octanol–water partition coefficient (Wildman–Crippen LogP) is 2.60. The molecule has 2 aromatic rings. The van der Waals surface area contributed by atoms with Gasteiger partial charge in [0.15, 0.2) is 17.3 Å². The summed E-state index contributed by atoms with van der Waals surface area (Å²) in [5, 5.41) is 0. The van der Waals surface area contributed by atoms with E-state index in [1.807, 2.05) is 0 Å². The van der Waals surface area contributed by atoms with Gasteiger partial charge >= 0.3 is 0 Å². The molecule has 0 bridgehead atoms. The molecule has 0 aliphatic rings. The van der Waals surface area contributed by atoms with E-state index in [1.165, 1.54) is 25.4 Å². The van der Waals surface area contributed by atoms with Gasteiger partial charge in [-0.15, -0.1) is 0 Å². The van der Waals surface area contributed by atoms with Gasteiger partial charge in [-0.1, -0.05) is 0 Å². The summed E-state index contributed by atoms with van der Waals surface area (Å²) in [7, 11) is 1.30. The fourth-order valence-electron chi connectivity index (χ4n) is 1.50. The first-order valence-corrected chi connectivity index (χ1v) is 5.10. The van der Waals surface area contributed by atoms with Crippen molar-refractivity contribution in [3.8, 4) is 5.75 Å². The molecule has 18 heavy (non-hydrogen) atoms. The van der Waals surface area contributed by atoms with Gasteiger partial charge in [-0.2, -0.15) is 0 Å². The second kappa shape index (κ2) is 4.91. The molecule has 5 heteroatoms. The van der Waals surface area contributed by atoms with Crippen LogP contribution in [0, 0.1) is 11.6 Å². The highest BCUT2D eigenvalue weighted by Crippen LogP contribution is 2.20. The maximum absolute atomic E-state index is 13.2. The number of halogens is 2. The third-order valence-electron chi connectivity index (χ3n) is 2.38. The molecule has 2 rings (SSSR count). The number of ether oxygens (including phenoxy) is 1. The Kier molecular flexibility index (Phi) is 3.32. The molecule has 0 unspecified atom stereocenters. The Hall–Kier alpha value is -2.30. The molecule has 1 aromatic carbocycles. The highest BCUT2D eigenvalue weighted by molar-refractivity contribution is 6.09. The third-order valence-corrected chi connectivity index (χ3v) is 2.38. The number of aromatic nitrogens is 1. The first kappa shape index (κ1) is 12.2. The lowest BCUT2D eigenvalue weighted by Crippen LogP contribution is -2.03. The van der Waals surface area contributed by atoms with Gasteiger partial charge in [0.25, 0.3) is 0 Å². The molecule has 0 saturated carbocycles. The number of ketones is 1. The molecule has 92 valence electrons. The maximum atomic E-state index is 13.2. The van der Waals surface area contributed by atoms with Crippen LogP contribution in [0.3, 0.4) is 0 Å². The number of hydrogen-bond donors (Lipinski definition) is 0. The molecule has 0 amide bonds. The summed E-state index contributed by atoms with van der Waals surface area (Å²) in [6, 6.07) is 4.78. The molecule has 1 heterocycles. The van der Waals surface area contributed by atoms with Crippen LogP contribution in [0.15, 0.2) is 36.7 Å². The van der Waals surface area contributed by atoms with Crippen LogP contribution >= 0.6 is 0 Å². The van der Waals surface area contributed by atoms with E-state index in [0.29, 0.717) is 0 Å². The average Bonchev–Trinajstić information content (AvgIpc) is 2.38. The van der Waals surface area contributed by atoms with E-state index >= 15 is 0 Å². The number of carbonyl (C=O) groups is 1. The Morgan fingerprint density at radius 2 is 1.94 bits per heavy atom. The van der Waals surface area contributed by atoms with Crippen LogP contribution < -0.4 is 4.74 Å². The molecule has 0 fully saturated rings. The van der Waals surface area contributed by atoms with E-state index in [4.69, 9.17) is 4.74 Å². The van der Waals surface area contributed by atoms with Gasteiger partial charge in [0.2, 0.25) is 0 Å². The van der Waals surface area contributed by atoms with Crippen molar-refractivity contribution in [2.45, 2.75) is 0 Å². The van der Waals surface area contributed by atoms with Crippen molar-refractivity contribution in [2.24, 2.45) is 0 Å². The fourth-order valence-corrected chi connectivity index (χ4v) is 1.50. The van der Waals surface area contributed by atoms with E-state index < -0.39 is 17.4 Å². The van der Waals surface area contributed by atoms with Crippen molar-refractivity contribution in [1.29, 1.82) is 0 Å². The van der Waals surface area contributed by atoms with E-state index in [2.05, 4.69) is 4.98 Å². The number of hydrogen-bond acceptors (Lipinski definition) is 3. The predicted molar refractivity (Wildman–Crippen MR) is 60.6 cm³/mol. The van der Waals surface area contributed by atoms with E-state index in [9.17, 15) is 13.6 Å². The maximum Gasteiger partial charge on any atom is 0.194 e. The molecular formula is C13H9F2NO2. The van der Waals surface area contributed by atoms with Crippen molar-refractivity contribution >= 4 is 5.78 Å². The summed E-state index contributed by atoms with van der Waals surface area (Å²) in [5.74, 6) is -1.65. The molecule has 0 aliphatic carbocycles. The largest absolute Gasteiger partial charge is 0.494 e. The molecule has 1 aromatic heterocycles. The van der Waals surface area contributed by atoms with Gasteiger partial charge in [0.05, 0.1) is 13.3 Å². The quantitative estimate of drug-likeness (QED) is 0.785. The summed E-state index contributed by atoms with van der Waals surface area (Å²) >= 11 is 0. The molecule has 0 N–H and O–H groups in total. The summed E-state index contributed by atoms with van der Waals surface area (Å²) < 4.78 is 30.9. The van der Waals surface area contributed by atoms with Crippen molar-refractivity contribution < 1.29 is 18.3 Å². The van der Waals surface area contributed by atoms with Gasteiger partial charge in [-0.05, 0) is 24.3 Å². The Labute approximate surface area is 102 Å². The summed E-state index contributed by atoms with van der Waals surface area (Å²) in [4.78, 5) is 15.6. The lowest BCUT2D eigenvalue weighted by molar-refractivity contribution is 0.103. The molecular weight excluding hydrogens is 240 g/mol. The zero-order valence-electron chi connectivity index (χ0n) is 9.48. The SMILES string of the molecule is COc1cc(C(=O)c2cncc(F)c2)ccc1F. The normalized spacial score (nSPS) is 10.2. The average molecular weight is 249 g/mol. The zero-order chi connectivity index (χ0) is 13.1. The highest BCUT2D eigenvalue weighted by Gasteiger charge is 2.13. The Balaban J connectivity index is 2.40. The molecule has 0 radical (unpaired) electrons. The molecule has 0 spiro atoms.